The number of halogens is 1. The summed E-state index contributed by atoms with van der Waals surface area (Å²) in [4.78, 5) is 23.9. The standard InChI is InChI=1S/C23H26FN7O2/c1-14(2)33-15-11-17(24)21(22(25)29-26)19(12-15)31-9-7-30(8-10-31)13-20-27-18-6-4-3-5-16(18)23(32)28-20/h3-6,11-12,14,25-26H,7-10,13H2,1-2H3,(H,27,28,32). The number of rotatable bonds is 6. The van der Waals surface area contributed by atoms with E-state index in [9.17, 15) is 9.18 Å². The van der Waals surface area contributed by atoms with Gasteiger partial charge in [0.2, 0.25) is 0 Å². The molecule has 0 aliphatic carbocycles. The number of benzene rings is 2. The molecule has 0 saturated carbocycles. The number of anilines is 1. The second-order valence-corrected chi connectivity index (χ2v) is 8.22. The van der Waals surface area contributed by atoms with E-state index < -0.39 is 11.7 Å². The van der Waals surface area contributed by atoms with Gasteiger partial charge in [-0.1, -0.05) is 12.1 Å². The zero-order valence-corrected chi connectivity index (χ0v) is 18.6. The summed E-state index contributed by atoms with van der Waals surface area (Å²) >= 11 is 0. The number of ether oxygens (including phenoxy) is 1. The van der Waals surface area contributed by atoms with Gasteiger partial charge < -0.3 is 14.6 Å². The predicted octanol–water partition coefficient (Wildman–Crippen LogP) is 3.53. The average molecular weight is 452 g/mol. The number of fused-ring (bicyclic) bond motifs is 1. The highest BCUT2D eigenvalue weighted by molar-refractivity contribution is 6.02. The number of hydrogen-bond donors (Lipinski definition) is 3. The molecule has 9 nitrogen and oxygen atoms in total. The molecule has 1 aromatic heterocycles. The van der Waals surface area contributed by atoms with Crippen molar-refractivity contribution >= 4 is 22.4 Å². The molecular formula is C23H26FN7O2. The smallest absolute Gasteiger partial charge is 0.258 e. The second kappa shape index (κ2) is 9.45. The largest absolute Gasteiger partial charge is 0.491 e. The average Bonchev–Trinajstić information content (AvgIpc) is 2.78. The SMILES string of the molecule is CC(C)Oc1cc(F)c(C(=N)N=N)c(N2CCN(Cc3nc4ccccc4c(=O)[nH]3)CC2)c1. The van der Waals surface area contributed by atoms with Gasteiger partial charge >= 0.3 is 0 Å². The zero-order valence-electron chi connectivity index (χ0n) is 18.6. The van der Waals surface area contributed by atoms with Gasteiger partial charge in [0.05, 0.1) is 34.8 Å². The Labute approximate surface area is 190 Å². The van der Waals surface area contributed by atoms with Crippen LogP contribution in [0.1, 0.15) is 25.2 Å². The first-order valence-electron chi connectivity index (χ1n) is 10.8. The van der Waals surface area contributed by atoms with Crippen molar-refractivity contribution in [3.05, 3.63) is 64.0 Å². The number of H-pyrrole nitrogens is 1. The quantitative estimate of drug-likeness (QED) is 0.301. The number of aromatic nitrogens is 2. The van der Waals surface area contributed by atoms with Crippen molar-refractivity contribution < 1.29 is 9.13 Å². The van der Waals surface area contributed by atoms with Gasteiger partial charge in [-0.05, 0) is 26.0 Å². The molecule has 172 valence electrons. The van der Waals surface area contributed by atoms with Crippen molar-refractivity contribution in [1.82, 2.24) is 14.9 Å². The van der Waals surface area contributed by atoms with Crippen molar-refractivity contribution in [3.63, 3.8) is 0 Å². The summed E-state index contributed by atoms with van der Waals surface area (Å²) in [7, 11) is 0. The first-order chi connectivity index (χ1) is 15.9. The van der Waals surface area contributed by atoms with Crippen LogP contribution in [0.3, 0.4) is 0 Å². The molecule has 0 bridgehead atoms. The van der Waals surface area contributed by atoms with Crippen molar-refractivity contribution in [2.45, 2.75) is 26.5 Å². The normalized spacial score (nSPS) is 14.6. The molecule has 1 aliphatic heterocycles. The van der Waals surface area contributed by atoms with E-state index in [2.05, 4.69) is 20.0 Å². The summed E-state index contributed by atoms with van der Waals surface area (Å²) in [5.41, 5.74) is 8.18. The van der Waals surface area contributed by atoms with Gasteiger partial charge in [-0.2, -0.15) is 0 Å². The monoisotopic (exact) mass is 451 g/mol. The Balaban J connectivity index is 1.52. The highest BCUT2D eigenvalue weighted by atomic mass is 19.1. The summed E-state index contributed by atoms with van der Waals surface area (Å²) in [6.45, 7) is 6.65. The van der Waals surface area contributed by atoms with Gasteiger partial charge in [-0.15, -0.1) is 5.11 Å². The van der Waals surface area contributed by atoms with Crippen LogP contribution in [0.15, 0.2) is 46.3 Å². The van der Waals surface area contributed by atoms with Crippen LogP contribution in [0.4, 0.5) is 10.1 Å². The highest BCUT2D eigenvalue weighted by Crippen LogP contribution is 2.31. The summed E-state index contributed by atoms with van der Waals surface area (Å²) < 4.78 is 20.5. The number of piperazine rings is 1. The van der Waals surface area contributed by atoms with Crippen LogP contribution in [0.2, 0.25) is 0 Å². The Morgan fingerprint density at radius 3 is 2.67 bits per heavy atom. The van der Waals surface area contributed by atoms with Crippen LogP contribution < -0.4 is 15.2 Å². The fourth-order valence-electron chi connectivity index (χ4n) is 4.02. The van der Waals surface area contributed by atoms with E-state index in [0.717, 1.165) is 0 Å². The lowest BCUT2D eigenvalue weighted by molar-refractivity contribution is 0.239. The van der Waals surface area contributed by atoms with Crippen LogP contribution in [0.25, 0.3) is 10.9 Å². The van der Waals surface area contributed by atoms with Crippen molar-refractivity contribution in [3.8, 4) is 5.75 Å². The number of nitrogens with one attached hydrogen (secondary N) is 3. The maximum absolute atomic E-state index is 14.8. The third-order valence-corrected chi connectivity index (χ3v) is 5.51. The van der Waals surface area contributed by atoms with E-state index in [1.165, 1.54) is 6.07 Å². The molecule has 3 N–H and O–H groups in total. The Hall–Kier alpha value is -3.66. The maximum atomic E-state index is 14.8. The van der Waals surface area contributed by atoms with Crippen molar-refractivity contribution in [1.29, 1.82) is 10.9 Å². The third kappa shape index (κ3) is 4.90. The number of amidine groups is 1. The molecule has 2 aromatic carbocycles. The molecule has 3 aromatic rings. The molecule has 2 heterocycles. The molecule has 1 saturated heterocycles. The summed E-state index contributed by atoms with van der Waals surface area (Å²) in [5, 5.41) is 11.7. The van der Waals surface area contributed by atoms with Gasteiger partial charge in [0.15, 0.2) is 5.84 Å². The molecule has 0 radical (unpaired) electrons. The lowest BCUT2D eigenvalue weighted by Crippen LogP contribution is -2.46. The predicted molar refractivity (Wildman–Crippen MR) is 124 cm³/mol. The second-order valence-electron chi connectivity index (χ2n) is 8.22. The molecule has 0 spiro atoms. The molecule has 0 amide bonds. The fourth-order valence-corrected chi connectivity index (χ4v) is 4.02. The lowest BCUT2D eigenvalue weighted by Gasteiger charge is -2.36. The first kappa shape index (κ1) is 22.5. The number of hydrogen-bond acceptors (Lipinski definition) is 7. The molecule has 4 rings (SSSR count). The zero-order chi connectivity index (χ0) is 23.5. The molecule has 33 heavy (non-hydrogen) atoms. The minimum Gasteiger partial charge on any atom is -0.491 e. The summed E-state index contributed by atoms with van der Waals surface area (Å²) in [6, 6.07) is 10.2. The van der Waals surface area contributed by atoms with Crippen LogP contribution in [0.5, 0.6) is 5.75 Å². The van der Waals surface area contributed by atoms with Gasteiger partial charge in [0, 0.05) is 38.3 Å². The number of para-hydroxylation sites is 1. The minimum atomic E-state index is -0.635. The molecular weight excluding hydrogens is 425 g/mol. The number of aromatic amines is 1. The molecule has 10 heteroatoms. The Morgan fingerprint density at radius 1 is 1.24 bits per heavy atom. The van der Waals surface area contributed by atoms with Crippen molar-refractivity contribution in [2.24, 2.45) is 5.11 Å². The Bertz CT molecular complexity index is 1250. The highest BCUT2D eigenvalue weighted by Gasteiger charge is 2.25. The van der Waals surface area contributed by atoms with Crippen LogP contribution in [-0.4, -0.2) is 53.0 Å². The summed E-state index contributed by atoms with van der Waals surface area (Å²) in [5.74, 6) is -0.0936. The van der Waals surface area contributed by atoms with Gasteiger partial charge in [-0.3, -0.25) is 15.1 Å². The Morgan fingerprint density at radius 2 is 1.97 bits per heavy atom. The fraction of sp³-hybridized carbons (Fsp3) is 0.348. The van der Waals surface area contributed by atoms with Crippen LogP contribution in [-0.2, 0) is 6.54 Å². The van der Waals surface area contributed by atoms with E-state index >= 15 is 0 Å². The molecule has 1 fully saturated rings. The minimum absolute atomic E-state index is 0.00455. The van der Waals surface area contributed by atoms with Crippen LogP contribution >= 0.6 is 0 Å². The maximum Gasteiger partial charge on any atom is 0.258 e. The third-order valence-electron chi connectivity index (χ3n) is 5.51. The van der Waals surface area contributed by atoms with Crippen molar-refractivity contribution in [2.75, 3.05) is 31.1 Å². The molecule has 1 aliphatic rings. The van der Waals surface area contributed by atoms with Gasteiger partial charge in [0.1, 0.15) is 17.4 Å². The molecule has 0 atom stereocenters. The first-order valence-corrected chi connectivity index (χ1v) is 10.8. The van der Waals surface area contributed by atoms with Gasteiger partial charge in [0.25, 0.3) is 5.56 Å². The number of nitrogens with zero attached hydrogens (tertiary/aromatic N) is 4. The Kier molecular flexibility index (Phi) is 6.45. The van der Waals surface area contributed by atoms with E-state index in [4.69, 9.17) is 15.7 Å². The van der Waals surface area contributed by atoms with Crippen LogP contribution in [0, 0.1) is 16.8 Å². The van der Waals surface area contributed by atoms with E-state index in [1.54, 1.807) is 12.1 Å². The topological polar surface area (TPSA) is 122 Å². The molecule has 0 unspecified atom stereocenters. The van der Waals surface area contributed by atoms with E-state index in [-0.39, 0.29) is 17.2 Å². The summed E-state index contributed by atoms with van der Waals surface area (Å²) in [6.07, 6.45) is -0.128. The van der Waals surface area contributed by atoms with E-state index in [1.807, 2.05) is 36.9 Å². The van der Waals surface area contributed by atoms with E-state index in [0.29, 0.717) is 60.9 Å². The van der Waals surface area contributed by atoms with Gasteiger partial charge in [-0.25, -0.2) is 14.9 Å². The lowest BCUT2D eigenvalue weighted by atomic mass is 10.1.